The van der Waals surface area contributed by atoms with Crippen molar-refractivity contribution in [1.29, 1.82) is 0 Å². The highest BCUT2D eigenvalue weighted by molar-refractivity contribution is 5.70. The molecule has 2 saturated heterocycles. The Bertz CT molecular complexity index is 520. The Kier molecular flexibility index (Phi) is 3.48. The first-order valence-corrected chi connectivity index (χ1v) is 7.00. The number of ether oxygens (including phenoxy) is 1. The van der Waals surface area contributed by atoms with Crippen LogP contribution in [0, 0.1) is 16.0 Å². The van der Waals surface area contributed by atoms with Crippen LogP contribution in [0.2, 0.25) is 0 Å². The first kappa shape index (κ1) is 13.2. The number of benzene rings is 1. The van der Waals surface area contributed by atoms with Crippen LogP contribution >= 0.6 is 0 Å². The van der Waals surface area contributed by atoms with Gasteiger partial charge in [0.25, 0.3) is 0 Å². The third kappa shape index (κ3) is 2.20. The van der Waals surface area contributed by atoms with Gasteiger partial charge in [0.2, 0.25) is 0 Å². The number of hydrogen-bond donors (Lipinski definition) is 1. The third-order valence-corrected chi connectivity index (χ3v) is 4.38. The van der Waals surface area contributed by atoms with Gasteiger partial charge in [-0.2, -0.15) is 0 Å². The number of anilines is 1. The zero-order valence-corrected chi connectivity index (χ0v) is 11.5. The highest BCUT2D eigenvalue weighted by Gasteiger charge is 2.35. The lowest BCUT2D eigenvalue weighted by atomic mass is 9.93. The number of nitrogens with one attached hydrogen (secondary N) is 1. The summed E-state index contributed by atoms with van der Waals surface area (Å²) >= 11 is 0. The number of fused-ring (bicyclic) bond motifs is 1. The third-order valence-electron chi connectivity index (χ3n) is 4.38. The second-order valence-electron chi connectivity index (χ2n) is 5.43. The summed E-state index contributed by atoms with van der Waals surface area (Å²) in [7, 11) is 1.47. The first-order chi connectivity index (χ1) is 9.70. The lowest BCUT2D eigenvalue weighted by Crippen LogP contribution is -2.44. The van der Waals surface area contributed by atoms with Crippen molar-refractivity contribution in [3.05, 3.63) is 28.3 Å². The van der Waals surface area contributed by atoms with Crippen molar-refractivity contribution in [1.82, 2.24) is 5.32 Å². The number of rotatable bonds is 3. The summed E-state index contributed by atoms with van der Waals surface area (Å²) in [5, 5.41) is 14.9. The van der Waals surface area contributed by atoms with E-state index in [0.29, 0.717) is 23.4 Å². The smallest absolute Gasteiger partial charge is 0.333 e. The summed E-state index contributed by atoms with van der Waals surface area (Å²) in [5.74, 6) is 0.925. The molecule has 6 nitrogen and oxygen atoms in total. The second-order valence-corrected chi connectivity index (χ2v) is 5.43. The van der Waals surface area contributed by atoms with Gasteiger partial charge in [-0.15, -0.1) is 0 Å². The first-order valence-electron chi connectivity index (χ1n) is 7.00. The molecule has 20 heavy (non-hydrogen) atoms. The van der Waals surface area contributed by atoms with E-state index < -0.39 is 0 Å². The quantitative estimate of drug-likeness (QED) is 0.674. The van der Waals surface area contributed by atoms with E-state index in [4.69, 9.17) is 4.74 Å². The van der Waals surface area contributed by atoms with E-state index in [2.05, 4.69) is 10.2 Å². The highest BCUT2D eigenvalue weighted by Crippen LogP contribution is 2.39. The number of para-hydroxylation sites is 1. The minimum Gasteiger partial charge on any atom is -0.490 e. The maximum atomic E-state index is 11.4. The van der Waals surface area contributed by atoms with Gasteiger partial charge in [-0.25, -0.2) is 0 Å². The van der Waals surface area contributed by atoms with Crippen molar-refractivity contribution in [2.45, 2.75) is 18.9 Å². The summed E-state index contributed by atoms with van der Waals surface area (Å²) < 4.78 is 5.14. The SMILES string of the molecule is COc1cccc(N2CCC3NCCC3C2)c1[N+](=O)[O-]. The minimum atomic E-state index is -0.340. The van der Waals surface area contributed by atoms with E-state index in [0.717, 1.165) is 32.5 Å². The molecule has 0 spiro atoms. The van der Waals surface area contributed by atoms with Gasteiger partial charge in [-0.05, 0) is 37.4 Å². The van der Waals surface area contributed by atoms with Crippen LogP contribution in [0.1, 0.15) is 12.8 Å². The lowest BCUT2D eigenvalue weighted by molar-refractivity contribution is -0.385. The zero-order valence-electron chi connectivity index (χ0n) is 11.5. The van der Waals surface area contributed by atoms with Gasteiger partial charge in [0, 0.05) is 19.1 Å². The Morgan fingerprint density at radius 2 is 2.30 bits per heavy atom. The highest BCUT2D eigenvalue weighted by atomic mass is 16.6. The summed E-state index contributed by atoms with van der Waals surface area (Å²) in [6, 6.07) is 5.87. The predicted octanol–water partition coefficient (Wildman–Crippen LogP) is 1.79. The fourth-order valence-electron chi connectivity index (χ4n) is 3.38. The van der Waals surface area contributed by atoms with Crippen molar-refractivity contribution in [2.24, 2.45) is 5.92 Å². The van der Waals surface area contributed by atoms with Crippen molar-refractivity contribution in [3.63, 3.8) is 0 Å². The molecular formula is C14H19N3O3. The average molecular weight is 277 g/mol. The Morgan fingerprint density at radius 1 is 1.45 bits per heavy atom. The minimum absolute atomic E-state index is 0.0828. The summed E-state index contributed by atoms with van der Waals surface area (Å²) in [5.41, 5.74) is 0.763. The number of hydrogen-bond acceptors (Lipinski definition) is 5. The molecule has 0 amide bonds. The van der Waals surface area contributed by atoms with Gasteiger partial charge in [-0.3, -0.25) is 10.1 Å². The van der Waals surface area contributed by atoms with Crippen molar-refractivity contribution in [3.8, 4) is 5.75 Å². The average Bonchev–Trinajstić information content (AvgIpc) is 2.93. The Balaban J connectivity index is 1.91. The molecule has 2 unspecified atom stereocenters. The molecule has 108 valence electrons. The van der Waals surface area contributed by atoms with E-state index >= 15 is 0 Å². The van der Waals surface area contributed by atoms with Crippen LogP contribution in [0.15, 0.2) is 18.2 Å². The largest absolute Gasteiger partial charge is 0.490 e. The van der Waals surface area contributed by atoms with E-state index in [-0.39, 0.29) is 10.6 Å². The monoisotopic (exact) mass is 277 g/mol. The van der Waals surface area contributed by atoms with Crippen molar-refractivity contribution in [2.75, 3.05) is 31.6 Å². The Labute approximate surface area is 117 Å². The predicted molar refractivity (Wildman–Crippen MR) is 76.4 cm³/mol. The summed E-state index contributed by atoms with van der Waals surface area (Å²) in [4.78, 5) is 13.2. The Hall–Kier alpha value is -1.82. The van der Waals surface area contributed by atoms with Gasteiger partial charge in [-0.1, -0.05) is 6.07 Å². The maximum Gasteiger partial charge on any atom is 0.333 e. The maximum absolute atomic E-state index is 11.4. The summed E-state index contributed by atoms with van der Waals surface area (Å²) in [6.07, 6.45) is 2.19. The van der Waals surface area contributed by atoms with Gasteiger partial charge >= 0.3 is 5.69 Å². The fraction of sp³-hybridized carbons (Fsp3) is 0.571. The molecule has 2 aliphatic rings. The van der Waals surface area contributed by atoms with Crippen LogP contribution in [-0.4, -0.2) is 37.7 Å². The van der Waals surface area contributed by atoms with Gasteiger partial charge in [0.15, 0.2) is 5.75 Å². The molecule has 1 N–H and O–H groups in total. The molecule has 0 aromatic heterocycles. The molecule has 0 radical (unpaired) electrons. The van der Waals surface area contributed by atoms with E-state index in [1.165, 1.54) is 7.11 Å². The number of nitro groups is 1. The normalized spacial score (nSPS) is 25.4. The van der Waals surface area contributed by atoms with Crippen LogP contribution in [-0.2, 0) is 0 Å². The standard InChI is InChI=1S/C14H19N3O3/c1-20-13-4-2-3-12(14(13)17(18)19)16-8-6-11-10(9-16)5-7-15-11/h2-4,10-11,15H,5-9H2,1H3. The molecule has 2 atom stereocenters. The number of nitro benzene ring substituents is 1. The van der Waals surface area contributed by atoms with E-state index in [1.54, 1.807) is 6.07 Å². The van der Waals surface area contributed by atoms with Gasteiger partial charge < -0.3 is 15.0 Å². The number of nitrogens with zero attached hydrogens (tertiary/aromatic N) is 2. The number of methoxy groups -OCH3 is 1. The molecule has 2 heterocycles. The molecule has 0 aliphatic carbocycles. The molecular weight excluding hydrogens is 258 g/mol. The van der Waals surface area contributed by atoms with E-state index in [9.17, 15) is 10.1 Å². The summed E-state index contributed by atoms with van der Waals surface area (Å²) in [6.45, 7) is 2.79. The molecule has 2 fully saturated rings. The van der Waals surface area contributed by atoms with Crippen LogP contribution < -0.4 is 15.0 Å². The lowest BCUT2D eigenvalue weighted by Gasteiger charge is -2.36. The molecule has 2 aliphatic heterocycles. The van der Waals surface area contributed by atoms with E-state index in [1.807, 2.05) is 12.1 Å². The van der Waals surface area contributed by atoms with Gasteiger partial charge in [0.1, 0.15) is 5.69 Å². The molecule has 1 aromatic carbocycles. The molecule has 3 rings (SSSR count). The second kappa shape index (κ2) is 5.28. The van der Waals surface area contributed by atoms with Gasteiger partial charge in [0.05, 0.1) is 12.0 Å². The van der Waals surface area contributed by atoms with Crippen molar-refractivity contribution >= 4 is 11.4 Å². The molecule has 6 heteroatoms. The van der Waals surface area contributed by atoms with Crippen molar-refractivity contribution < 1.29 is 9.66 Å². The molecule has 0 saturated carbocycles. The fourth-order valence-corrected chi connectivity index (χ4v) is 3.38. The zero-order chi connectivity index (χ0) is 14.1. The topological polar surface area (TPSA) is 67.6 Å². The van der Waals surface area contributed by atoms with Crippen LogP contribution in [0.4, 0.5) is 11.4 Å². The van der Waals surface area contributed by atoms with Crippen LogP contribution in [0.3, 0.4) is 0 Å². The number of piperidine rings is 1. The van der Waals surface area contributed by atoms with Crippen LogP contribution in [0.5, 0.6) is 5.75 Å². The molecule has 0 bridgehead atoms. The Morgan fingerprint density at radius 3 is 3.05 bits per heavy atom. The van der Waals surface area contributed by atoms with Crippen LogP contribution in [0.25, 0.3) is 0 Å². The molecule has 1 aromatic rings.